The van der Waals surface area contributed by atoms with Gasteiger partial charge in [-0.3, -0.25) is 4.79 Å². The van der Waals surface area contributed by atoms with Crippen molar-refractivity contribution in [2.24, 2.45) is 13.0 Å². The van der Waals surface area contributed by atoms with Gasteiger partial charge in [0.25, 0.3) is 0 Å². The van der Waals surface area contributed by atoms with Gasteiger partial charge >= 0.3 is 0 Å². The van der Waals surface area contributed by atoms with Gasteiger partial charge < -0.3 is 9.47 Å². The highest BCUT2D eigenvalue weighted by Crippen LogP contribution is 2.28. The summed E-state index contributed by atoms with van der Waals surface area (Å²) < 4.78 is 26.7. The van der Waals surface area contributed by atoms with Gasteiger partial charge in [0.15, 0.2) is 0 Å². The molecule has 3 rings (SSSR count). The highest BCUT2D eigenvalue weighted by Gasteiger charge is 2.35. The van der Waals surface area contributed by atoms with Crippen molar-refractivity contribution in [3.63, 3.8) is 0 Å². The summed E-state index contributed by atoms with van der Waals surface area (Å²) in [7, 11) is -1.84. The zero-order chi connectivity index (χ0) is 17.2. The van der Waals surface area contributed by atoms with Crippen LogP contribution >= 0.6 is 0 Å². The molecule has 2 aliphatic rings. The lowest BCUT2D eigenvalue weighted by Crippen LogP contribution is -2.43. The average Bonchev–Trinajstić information content (AvgIpc) is 3.03. The zero-order valence-corrected chi connectivity index (χ0v) is 15.0. The molecule has 1 saturated heterocycles. The number of sulfone groups is 1. The molecule has 1 aliphatic heterocycles. The Morgan fingerprint density at radius 2 is 1.83 bits per heavy atom. The second-order valence-electron chi connectivity index (χ2n) is 7.06. The first kappa shape index (κ1) is 17.4. The maximum Gasteiger partial charge on any atom is 0.249 e. The van der Waals surface area contributed by atoms with Gasteiger partial charge in [-0.15, -0.1) is 10.2 Å². The van der Waals surface area contributed by atoms with Crippen LogP contribution in [0, 0.1) is 5.92 Å². The molecule has 1 aromatic heterocycles. The van der Waals surface area contributed by atoms with E-state index < -0.39 is 15.1 Å². The van der Waals surface area contributed by atoms with Crippen molar-refractivity contribution in [3.8, 4) is 0 Å². The monoisotopic (exact) mass is 354 g/mol. The topological polar surface area (TPSA) is 85.2 Å². The molecule has 0 aromatic carbocycles. The van der Waals surface area contributed by atoms with Gasteiger partial charge in [0.1, 0.15) is 6.33 Å². The molecule has 1 saturated carbocycles. The number of aromatic nitrogens is 3. The molecule has 1 amide bonds. The van der Waals surface area contributed by atoms with Crippen molar-refractivity contribution in [1.29, 1.82) is 0 Å². The van der Waals surface area contributed by atoms with E-state index in [1.165, 1.54) is 30.2 Å². The summed E-state index contributed by atoms with van der Waals surface area (Å²) in [6.45, 7) is 1.04. The molecule has 0 radical (unpaired) electrons. The van der Waals surface area contributed by atoms with E-state index in [1.807, 2.05) is 4.90 Å². The summed E-state index contributed by atoms with van der Waals surface area (Å²) in [5.74, 6) is 0.711. The number of rotatable bonds is 4. The SMILES string of the molecule is Cn1cnnc1S(=O)(=O)C1CCN(C(=O)CC2CCCCC2)CC1. The lowest BCUT2D eigenvalue weighted by molar-refractivity contribution is -0.133. The van der Waals surface area contributed by atoms with Gasteiger partial charge in [0.05, 0.1) is 5.25 Å². The molecular weight excluding hydrogens is 328 g/mol. The standard InChI is InChI=1S/C16H26N4O3S/c1-19-12-17-18-16(19)24(22,23)14-7-9-20(10-8-14)15(21)11-13-5-3-2-4-6-13/h12-14H,2-11H2,1H3. The molecule has 8 heteroatoms. The van der Waals surface area contributed by atoms with Gasteiger partial charge in [0, 0.05) is 26.6 Å². The molecule has 2 heterocycles. The van der Waals surface area contributed by atoms with E-state index in [-0.39, 0.29) is 11.1 Å². The zero-order valence-electron chi connectivity index (χ0n) is 14.2. The minimum absolute atomic E-state index is 0.0227. The molecule has 0 spiro atoms. The number of hydrogen-bond acceptors (Lipinski definition) is 5. The van der Waals surface area contributed by atoms with Crippen LogP contribution in [0.4, 0.5) is 0 Å². The van der Waals surface area contributed by atoms with Crippen LogP contribution in [-0.4, -0.2) is 52.3 Å². The lowest BCUT2D eigenvalue weighted by atomic mass is 9.86. The van der Waals surface area contributed by atoms with Crippen LogP contribution in [0.15, 0.2) is 11.5 Å². The number of hydrogen-bond donors (Lipinski definition) is 0. The summed E-state index contributed by atoms with van der Waals surface area (Å²) in [6, 6.07) is 0. The van der Waals surface area contributed by atoms with E-state index in [1.54, 1.807) is 7.05 Å². The minimum atomic E-state index is -3.47. The fourth-order valence-electron chi connectivity index (χ4n) is 3.86. The van der Waals surface area contributed by atoms with E-state index in [0.29, 0.717) is 38.3 Å². The van der Waals surface area contributed by atoms with Crippen molar-refractivity contribution in [1.82, 2.24) is 19.7 Å². The maximum absolute atomic E-state index is 12.6. The third kappa shape index (κ3) is 3.63. The number of carbonyl (C=O) groups excluding carboxylic acids is 1. The average molecular weight is 354 g/mol. The summed E-state index contributed by atoms with van der Waals surface area (Å²) in [4.78, 5) is 14.3. The van der Waals surface area contributed by atoms with Crippen molar-refractivity contribution in [2.75, 3.05) is 13.1 Å². The van der Waals surface area contributed by atoms with Crippen LogP contribution in [0.2, 0.25) is 0 Å². The highest BCUT2D eigenvalue weighted by atomic mass is 32.2. The predicted octanol–water partition coefficient (Wildman–Crippen LogP) is 1.55. The summed E-state index contributed by atoms with van der Waals surface area (Å²) in [5.41, 5.74) is 0. The van der Waals surface area contributed by atoms with Crippen LogP contribution in [0.3, 0.4) is 0 Å². The molecule has 0 unspecified atom stereocenters. The number of likely N-dealkylation sites (tertiary alicyclic amines) is 1. The highest BCUT2D eigenvalue weighted by molar-refractivity contribution is 7.91. The first-order chi connectivity index (χ1) is 11.5. The van der Waals surface area contributed by atoms with E-state index >= 15 is 0 Å². The maximum atomic E-state index is 12.6. The third-order valence-electron chi connectivity index (χ3n) is 5.35. The molecular formula is C16H26N4O3S. The normalized spacial score (nSPS) is 21.1. The first-order valence-corrected chi connectivity index (χ1v) is 10.4. The number of aryl methyl sites for hydroxylation is 1. The van der Waals surface area contributed by atoms with Gasteiger partial charge in [-0.1, -0.05) is 19.3 Å². The molecule has 0 atom stereocenters. The second-order valence-corrected chi connectivity index (χ2v) is 9.18. The summed E-state index contributed by atoms with van der Waals surface area (Å²) in [6.07, 6.45) is 9.04. The van der Waals surface area contributed by atoms with Crippen LogP contribution < -0.4 is 0 Å². The molecule has 2 fully saturated rings. The van der Waals surface area contributed by atoms with E-state index in [2.05, 4.69) is 10.2 Å². The minimum Gasteiger partial charge on any atom is -0.343 e. The second kappa shape index (κ2) is 7.21. The molecule has 134 valence electrons. The van der Waals surface area contributed by atoms with E-state index in [4.69, 9.17) is 0 Å². The summed E-state index contributed by atoms with van der Waals surface area (Å²) in [5, 5.41) is 6.95. The fourth-order valence-corrected chi connectivity index (χ4v) is 5.60. The predicted molar refractivity (Wildman–Crippen MR) is 89.0 cm³/mol. The van der Waals surface area contributed by atoms with E-state index in [0.717, 1.165) is 12.8 Å². The number of amides is 1. The number of nitrogens with zero attached hydrogens (tertiary/aromatic N) is 4. The Bertz CT molecular complexity index is 671. The Morgan fingerprint density at radius 1 is 1.17 bits per heavy atom. The van der Waals surface area contributed by atoms with Gasteiger partial charge in [0.2, 0.25) is 20.9 Å². The van der Waals surface area contributed by atoms with Crippen LogP contribution in [0.25, 0.3) is 0 Å². The smallest absolute Gasteiger partial charge is 0.249 e. The summed E-state index contributed by atoms with van der Waals surface area (Å²) >= 11 is 0. The molecule has 0 N–H and O–H groups in total. The third-order valence-corrected chi connectivity index (χ3v) is 7.57. The molecule has 7 nitrogen and oxygen atoms in total. The quantitative estimate of drug-likeness (QED) is 0.819. The van der Waals surface area contributed by atoms with Crippen molar-refractivity contribution >= 4 is 15.7 Å². The van der Waals surface area contributed by atoms with Gasteiger partial charge in [-0.05, 0) is 31.6 Å². The first-order valence-electron chi connectivity index (χ1n) is 8.84. The lowest BCUT2D eigenvalue weighted by Gasteiger charge is -2.33. The van der Waals surface area contributed by atoms with Crippen LogP contribution in [-0.2, 0) is 21.7 Å². The van der Waals surface area contributed by atoms with E-state index in [9.17, 15) is 13.2 Å². The van der Waals surface area contributed by atoms with Crippen molar-refractivity contribution in [2.45, 2.75) is 61.8 Å². The number of carbonyl (C=O) groups is 1. The molecule has 0 bridgehead atoms. The Labute approximate surface area is 143 Å². The Morgan fingerprint density at radius 3 is 2.42 bits per heavy atom. The largest absolute Gasteiger partial charge is 0.343 e. The molecule has 24 heavy (non-hydrogen) atoms. The van der Waals surface area contributed by atoms with Crippen molar-refractivity contribution in [3.05, 3.63) is 6.33 Å². The Hall–Kier alpha value is -1.44. The van der Waals surface area contributed by atoms with Crippen molar-refractivity contribution < 1.29 is 13.2 Å². The van der Waals surface area contributed by atoms with Crippen LogP contribution in [0.1, 0.15) is 51.4 Å². The van der Waals surface area contributed by atoms with Gasteiger partial charge in [-0.2, -0.15) is 0 Å². The Balaban J connectivity index is 1.55. The Kier molecular flexibility index (Phi) is 5.22. The molecule has 1 aromatic rings. The van der Waals surface area contributed by atoms with Gasteiger partial charge in [-0.25, -0.2) is 8.42 Å². The molecule has 1 aliphatic carbocycles. The fraction of sp³-hybridized carbons (Fsp3) is 0.812. The number of piperidine rings is 1. The van der Waals surface area contributed by atoms with Crippen LogP contribution in [0.5, 0.6) is 0 Å².